The zero-order valence-electron chi connectivity index (χ0n) is 15.3. The van der Waals surface area contributed by atoms with E-state index in [0.717, 1.165) is 12.0 Å². The zero-order valence-corrected chi connectivity index (χ0v) is 15.3. The monoisotopic (exact) mass is 357 g/mol. The largest absolute Gasteiger partial charge is 0.465 e. The number of amides is 1. The maximum absolute atomic E-state index is 10.9. The van der Waals surface area contributed by atoms with E-state index in [1.165, 1.54) is 44.1 Å². The van der Waals surface area contributed by atoms with E-state index < -0.39 is 11.6 Å². The predicted molar refractivity (Wildman–Crippen MR) is 98.9 cm³/mol. The molecular weight excluding hydrogens is 330 g/mol. The van der Waals surface area contributed by atoms with E-state index in [9.17, 15) is 4.79 Å². The molecule has 2 N–H and O–H groups in total. The quantitative estimate of drug-likeness (QED) is 0.591. The number of hydrogen-bond donors (Lipinski definition) is 2. The normalized spacial score (nSPS) is 15.0. The average molecular weight is 357 g/mol. The van der Waals surface area contributed by atoms with Gasteiger partial charge in [0.2, 0.25) is 5.82 Å². The van der Waals surface area contributed by atoms with Gasteiger partial charge in [0.15, 0.2) is 0 Å². The molecule has 140 valence electrons. The van der Waals surface area contributed by atoms with Crippen LogP contribution < -0.4 is 5.32 Å². The second-order valence-electron chi connectivity index (χ2n) is 7.15. The van der Waals surface area contributed by atoms with Crippen LogP contribution in [0.2, 0.25) is 0 Å². The fourth-order valence-electron chi connectivity index (χ4n) is 3.19. The Hall–Kier alpha value is -2.37. The van der Waals surface area contributed by atoms with Crippen molar-refractivity contribution in [3.05, 3.63) is 35.7 Å². The van der Waals surface area contributed by atoms with Gasteiger partial charge in [-0.05, 0) is 31.2 Å². The van der Waals surface area contributed by atoms with Crippen LogP contribution in [-0.2, 0) is 12.0 Å². The number of rotatable bonds is 10. The molecule has 0 unspecified atom stereocenters. The van der Waals surface area contributed by atoms with Gasteiger partial charge in [-0.2, -0.15) is 4.98 Å². The van der Waals surface area contributed by atoms with Crippen LogP contribution in [-0.4, -0.2) is 21.3 Å². The Labute approximate surface area is 154 Å². The lowest BCUT2D eigenvalue weighted by molar-refractivity contribution is 0.183. The van der Waals surface area contributed by atoms with E-state index in [1.54, 1.807) is 0 Å². The summed E-state index contributed by atoms with van der Waals surface area (Å²) in [6.45, 7) is 2.24. The minimum absolute atomic E-state index is 0.353. The summed E-state index contributed by atoms with van der Waals surface area (Å²) in [6.07, 6.45) is 9.20. The highest BCUT2D eigenvalue weighted by Crippen LogP contribution is 2.45. The predicted octanol–water partition coefficient (Wildman–Crippen LogP) is 4.90. The standard InChI is InChI=1S/C20H27N3O3/c1-2-3-4-5-6-7-8-15-9-11-16(12-10-15)17-21-18(26-23-17)20(13-14-20)22-19(24)25/h9-12,22H,2-8,13-14H2,1H3,(H,24,25). The third-order valence-electron chi connectivity index (χ3n) is 4.96. The third-order valence-corrected chi connectivity index (χ3v) is 4.96. The highest BCUT2D eigenvalue weighted by atomic mass is 16.5. The molecule has 0 spiro atoms. The first-order chi connectivity index (χ1) is 12.6. The lowest BCUT2D eigenvalue weighted by Crippen LogP contribution is -2.33. The number of nitrogens with zero attached hydrogens (tertiary/aromatic N) is 2. The van der Waals surface area contributed by atoms with E-state index in [4.69, 9.17) is 9.63 Å². The smallest absolute Gasteiger partial charge is 0.405 e. The molecule has 1 aliphatic rings. The summed E-state index contributed by atoms with van der Waals surface area (Å²) < 4.78 is 5.30. The summed E-state index contributed by atoms with van der Waals surface area (Å²) in [7, 11) is 0. The molecule has 1 aromatic heterocycles. The molecule has 3 rings (SSSR count). The Balaban J connectivity index is 1.53. The molecule has 1 fully saturated rings. The number of nitrogens with one attached hydrogen (secondary N) is 1. The molecule has 1 saturated carbocycles. The average Bonchev–Trinajstić information content (AvgIpc) is 3.22. The number of aryl methyl sites for hydroxylation is 1. The second kappa shape index (κ2) is 8.34. The Morgan fingerprint density at radius 2 is 1.85 bits per heavy atom. The highest BCUT2D eigenvalue weighted by molar-refractivity contribution is 5.66. The summed E-state index contributed by atoms with van der Waals surface area (Å²) >= 11 is 0. The SMILES string of the molecule is CCCCCCCCc1ccc(-c2noc(C3(NC(=O)O)CC3)n2)cc1. The van der Waals surface area contributed by atoms with Crippen molar-refractivity contribution in [3.8, 4) is 11.4 Å². The van der Waals surface area contributed by atoms with Crippen LogP contribution in [0, 0.1) is 0 Å². The first-order valence-electron chi connectivity index (χ1n) is 9.57. The van der Waals surface area contributed by atoms with Crippen molar-refractivity contribution >= 4 is 6.09 Å². The summed E-state index contributed by atoms with van der Waals surface area (Å²) in [5, 5.41) is 15.4. The summed E-state index contributed by atoms with van der Waals surface area (Å²) in [6, 6.07) is 8.23. The number of hydrogen-bond acceptors (Lipinski definition) is 4. The number of carboxylic acid groups (broad SMARTS) is 1. The van der Waals surface area contributed by atoms with E-state index in [1.807, 2.05) is 12.1 Å². The van der Waals surface area contributed by atoms with Crippen molar-refractivity contribution in [2.45, 2.75) is 70.3 Å². The van der Waals surface area contributed by atoms with Gasteiger partial charge in [-0.1, -0.05) is 68.4 Å². The van der Waals surface area contributed by atoms with E-state index in [-0.39, 0.29) is 0 Å². The van der Waals surface area contributed by atoms with Crippen LogP contribution in [0.1, 0.15) is 69.7 Å². The first-order valence-corrected chi connectivity index (χ1v) is 9.57. The van der Waals surface area contributed by atoms with Crippen molar-refractivity contribution in [2.24, 2.45) is 0 Å². The molecule has 6 nitrogen and oxygen atoms in total. The molecule has 0 atom stereocenters. The van der Waals surface area contributed by atoms with Crippen molar-refractivity contribution in [1.82, 2.24) is 15.5 Å². The molecule has 1 amide bonds. The van der Waals surface area contributed by atoms with Crippen LogP contribution in [0.4, 0.5) is 4.79 Å². The van der Waals surface area contributed by atoms with Gasteiger partial charge in [-0.25, -0.2) is 4.79 Å². The molecule has 6 heteroatoms. The van der Waals surface area contributed by atoms with Crippen molar-refractivity contribution < 1.29 is 14.4 Å². The maximum Gasteiger partial charge on any atom is 0.405 e. The van der Waals surface area contributed by atoms with Gasteiger partial charge in [-0.3, -0.25) is 0 Å². The Morgan fingerprint density at radius 3 is 2.50 bits per heavy atom. The Morgan fingerprint density at radius 1 is 1.15 bits per heavy atom. The maximum atomic E-state index is 10.9. The molecule has 0 aliphatic heterocycles. The van der Waals surface area contributed by atoms with E-state index in [0.29, 0.717) is 24.6 Å². The van der Waals surface area contributed by atoms with Crippen molar-refractivity contribution in [3.63, 3.8) is 0 Å². The number of aromatic nitrogens is 2. The zero-order chi connectivity index (χ0) is 18.4. The Kier molecular flexibility index (Phi) is 5.91. The summed E-state index contributed by atoms with van der Waals surface area (Å²) in [4.78, 5) is 15.3. The minimum atomic E-state index is -1.07. The molecule has 0 saturated heterocycles. The molecular formula is C20H27N3O3. The topological polar surface area (TPSA) is 88.2 Å². The van der Waals surface area contributed by atoms with Crippen molar-refractivity contribution in [2.75, 3.05) is 0 Å². The summed E-state index contributed by atoms with van der Waals surface area (Å²) in [5.74, 6) is 0.857. The molecule has 1 aromatic carbocycles. The third kappa shape index (κ3) is 4.62. The fourth-order valence-corrected chi connectivity index (χ4v) is 3.19. The molecule has 0 bridgehead atoms. The van der Waals surface area contributed by atoms with Crippen LogP contribution in [0.15, 0.2) is 28.8 Å². The number of benzene rings is 1. The Bertz CT molecular complexity index is 720. The molecule has 0 radical (unpaired) electrons. The molecule has 1 aliphatic carbocycles. The van der Waals surface area contributed by atoms with Gasteiger partial charge >= 0.3 is 6.09 Å². The van der Waals surface area contributed by atoms with Gasteiger partial charge in [0.05, 0.1) is 0 Å². The van der Waals surface area contributed by atoms with Crippen molar-refractivity contribution in [1.29, 1.82) is 0 Å². The number of unbranched alkanes of at least 4 members (excludes halogenated alkanes) is 5. The van der Waals surface area contributed by atoms with E-state index in [2.05, 4.69) is 34.5 Å². The van der Waals surface area contributed by atoms with E-state index >= 15 is 0 Å². The van der Waals surface area contributed by atoms with Gasteiger partial charge < -0.3 is 14.9 Å². The van der Waals surface area contributed by atoms with Gasteiger partial charge in [-0.15, -0.1) is 0 Å². The summed E-state index contributed by atoms with van der Waals surface area (Å²) in [5.41, 5.74) is 1.52. The lowest BCUT2D eigenvalue weighted by atomic mass is 10.0. The van der Waals surface area contributed by atoms with Crippen LogP contribution >= 0.6 is 0 Å². The lowest BCUT2D eigenvalue weighted by Gasteiger charge is -2.08. The highest BCUT2D eigenvalue weighted by Gasteiger charge is 2.51. The fraction of sp³-hybridized carbons (Fsp3) is 0.550. The van der Waals surface area contributed by atoms with Gasteiger partial charge in [0.1, 0.15) is 5.54 Å². The molecule has 2 aromatic rings. The van der Waals surface area contributed by atoms with Gasteiger partial charge in [0.25, 0.3) is 5.89 Å². The minimum Gasteiger partial charge on any atom is -0.465 e. The van der Waals surface area contributed by atoms with Crippen LogP contribution in [0.5, 0.6) is 0 Å². The second-order valence-corrected chi connectivity index (χ2v) is 7.15. The van der Waals surface area contributed by atoms with Gasteiger partial charge in [0, 0.05) is 5.56 Å². The number of carbonyl (C=O) groups is 1. The molecule has 26 heavy (non-hydrogen) atoms. The van der Waals surface area contributed by atoms with Crippen LogP contribution in [0.25, 0.3) is 11.4 Å². The molecule has 1 heterocycles. The van der Waals surface area contributed by atoms with Crippen LogP contribution in [0.3, 0.4) is 0 Å². The first kappa shape index (κ1) is 18.4.